The van der Waals surface area contributed by atoms with E-state index in [0.717, 1.165) is 33.6 Å². The Bertz CT molecular complexity index is 1480. The van der Waals surface area contributed by atoms with Gasteiger partial charge in [0, 0.05) is 12.0 Å². The first-order valence-electron chi connectivity index (χ1n) is 14.8. The lowest BCUT2D eigenvalue weighted by atomic mass is 9.81. The second-order valence-corrected chi connectivity index (χ2v) is 12.0. The van der Waals surface area contributed by atoms with Gasteiger partial charge in [-0.05, 0) is 73.6 Å². The number of hydrogen-bond donors (Lipinski definition) is 1. The van der Waals surface area contributed by atoms with Crippen LogP contribution in [0.3, 0.4) is 0 Å². The van der Waals surface area contributed by atoms with Crippen molar-refractivity contribution in [2.24, 2.45) is 11.8 Å². The molecule has 1 heterocycles. The van der Waals surface area contributed by atoms with Gasteiger partial charge >= 0.3 is 12.1 Å². The van der Waals surface area contributed by atoms with Gasteiger partial charge in [0.1, 0.15) is 18.0 Å². The topological polar surface area (TPSA) is 73.9 Å². The summed E-state index contributed by atoms with van der Waals surface area (Å²) in [6.07, 6.45) is 0.533. The van der Waals surface area contributed by atoms with Crippen molar-refractivity contribution in [1.29, 1.82) is 0 Å². The van der Waals surface area contributed by atoms with Gasteiger partial charge in [-0.15, -0.1) is 0 Å². The molecule has 5 rings (SSSR count). The van der Waals surface area contributed by atoms with E-state index in [1.54, 1.807) is 0 Å². The summed E-state index contributed by atoms with van der Waals surface area (Å²) in [5.41, 5.74) is 4.78. The Morgan fingerprint density at radius 2 is 1.42 bits per heavy atom. The average molecular weight is 578 g/mol. The lowest BCUT2D eigenvalue weighted by molar-refractivity contribution is -0.141. The Morgan fingerprint density at radius 3 is 2.07 bits per heavy atom. The number of alkyl carbamates (subject to hydrolysis) is 1. The molecule has 0 radical (unpaired) electrons. The lowest BCUT2D eigenvalue weighted by Crippen LogP contribution is -2.46. The van der Waals surface area contributed by atoms with Crippen molar-refractivity contribution in [3.05, 3.63) is 126 Å². The molecule has 4 aromatic rings. The standard InChI is InChI=1S/C37H39NO5/c1-37(2,3)43-36(40)38-34(23-27-16-20-31(21-17-27)41-24-28-10-6-4-7-11-28)33-25-42-35(39)32(33)22-26-14-18-30(19-15-26)29-12-8-5-9-13-29/h4-21,32-34H,22-25H2,1-3H3,(H,38,40)/t32-,33?,34+/m1/s1. The molecule has 1 fully saturated rings. The third-order valence-corrected chi connectivity index (χ3v) is 7.60. The number of ether oxygens (including phenoxy) is 3. The molecule has 1 aliphatic rings. The lowest BCUT2D eigenvalue weighted by Gasteiger charge is -2.29. The molecule has 1 saturated heterocycles. The van der Waals surface area contributed by atoms with E-state index >= 15 is 0 Å². The van der Waals surface area contributed by atoms with Crippen molar-refractivity contribution in [3.8, 4) is 16.9 Å². The summed E-state index contributed by atoms with van der Waals surface area (Å²) < 4.78 is 17.1. The maximum atomic E-state index is 13.0. The van der Waals surface area contributed by atoms with E-state index in [0.29, 0.717) is 19.4 Å². The van der Waals surface area contributed by atoms with Crippen molar-refractivity contribution < 1.29 is 23.8 Å². The van der Waals surface area contributed by atoms with Crippen LogP contribution in [-0.4, -0.2) is 30.3 Å². The predicted molar refractivity (Wildman–Crippen MR) is 168 cm³/mol. The van der Waals surface area contributed by atoms with E-state index in [9.17, 15) is 9.59 Å². The van der Waals surface area contributed by atoms with Gasteiger partial charge in [-0.2, -0.15) is 0 Å². The fourth-order valence-electron chi connectivity index (χ4n) is 5.41. The molecule has 0 spiro atoms. The first-order valence-corrected chi connectivity index (χ1v) is 14.8. The molecule has 222 valence electrons. The summed E-state index contributed by atoms with van der Waals surface area (Å²) in [6, 6.07) is 36.0. The van der Waals surface area contributed by atoms with Crippen LogP contribution in [0.5, 0.6) is 5.75 Å². The molecule has 3 atom stereocenters. The smallest absolute Gasteiger partial charge is 0.407 e. The molecular formula is C37H39NO5. The van der Waals surface area contributed by atoms with Gasteiger partial charge in [-0.1, -0.05) is 97.1 Å². The van der Waals surface area contributed by atoms with E-state index < -0.39 is 17.6 Å². The highest BCUT2D eigenvalue weighted by Crippen LogP contribution is 2.32. The van der Waals surface area contributed by atoms with Gasteiger partial charge in [0.05, 0.1) is 12.5 Å². The third kappa shape index (κ3) is 8.48. The van der Waals surface area contributed by atoms with Crippen molar-refractivity contribution in [2.75, 3.05) is 6.61 Å². The second kappa shape index (κ2) is 13.6. The summed E-state index contributed by atoms with van der Waals surface area (Å²) in [5.74, 6) is -0.0861. The van der Waals surface area contributed by atoms with Gasteiger partial charge in [0.25, 0.3) is 0 Å². The number of carbonyl (C=O) groups excluding carboxylic acids is 2. The number of cyclic esters (lactones) is 1. The highest BCUT2D eigenvalue weighted by atomic mass is 16.6. The minimum atomic E-state index is -0.645. The number of nitrogens with one attached hydrogen (secondary N) is 1. The van der Waals surface area contributed by atoms with Crippen LogP contribution in [0.1, 0.15) is 37.5 Å². The Morgan fingerprint density at radius 1 is 0.814 bits per heavy atom. The van der Waals surface area contributed by atoms with Gasteiger partial charge in [-0.25, -0.2) is 4.79 Å². The maximum Gasteiger partial charge on any atom is 0.407 e. The molecule has 1 unspecified atom stereocenters. The highest BCUT2D eigenvalue weighted by Gasteiger charge is 2.42. The van der Waals surface area contributed by atoms with Crippen molar-refractivity contribution in [1.82, 2.24) is 5.32 Å². The molecule has 1 aliphatic heterocycles. The molecule has 4 aromatic carbocycles. The van der Waals surface area contributed by atoms with Crippen LogP contribution < -0.4 is 10.1 Å². The second-order valence-electron chi connectivity index (χ2n) is 12.0. The summed E-state index contributed by atoms with van der Waals surface area (Å²) in [5, 5.41) is 3.07. The number of hydrogen-bond acceptors (Lipinski definition) is 5. The number of rotatable bonds is 10. The van der Waals surface area contributed by atoms with Crippen LogP contribution in [-0.2, 0) is 33.7 Å². The zero-order valence-corrected chi connectivity index (χ0v) is 25.0. The summed E-state index contributed by atoms with van der Waals surface area (Å²) in [4.78, 5) is 25.9. The van der Waals surface area contributed by atoms with Crippen LogP contribution in [0.4, 0.5) is 4.79 Å². The molecule has 0 aromatic heterocycles. The summed E-state index contributed by atoms with van der Waals surface area (Å²) >= 11 is 0. The summed E-state index contributed by atoms with van der Waals surface area (Å²) in [7, 11) is 0. The maximum absolute atomic E-state index is 13.0. The van der Waals surface area contributed by atoms with Gasteiger partial charge < -0.3 is 19.5 Å². The molecule has 0 aliphatic carbocycles. The quantitative estimate of drug-likeness (QED) is 0.199. The van der Waals surface area contributed by atoms with E-state index in [1.807, 2.05) is 93.6 Å². The van der Waals surface area contributed by atoms with Crippen LogP contribution in [0, 0.1) is 11.8 Å². The molecule has 1 N–H and O–H groups in total. The number of carbonyl (C=O) groups is 2. The van der Waals surface area contributed by atoms with E-state index in [1.165, 1.54) is 0 Å². The molecular weight excluding hydrogens is 538 g/mol. The van der Waals surface area contributed by atoms with Gasteiger partial charge in [0.15, 0.2) is 0 Å². The number of amides is 1. The monoisotopic (exact) mass is 577 g/mol. The number of esters is 1. The number of benzene rings is 4. The van der Waals surface area contributed by atoms with Crippen molar-refractivity contribution in [2.45, 2.75) is 51.9 Å². The van der Waals surface area contributed by atoms with Crippen LogP contribution in [0.15, 0.2) is 109 Å². The predicted octanol–water partition coefficient (Wildman–Crippen LogP) is 7.40. The largest absolute Gasteiger partial charge is 0.489 e. The minimum absolute atomic E-state index is 0.220. The Balaban J connectivity index is 1.30. The van der Waals surface area contributed by atoms with Crippen molar-refractivity contribution >= 4 is 12.1 Å². The normalized spacial score (nSPS) is 17.1. The molecule has 0 saturated carbocycles. The average Bonchev–Trinajstić information content (AvgIpc) is 3.36. The SMILES string of the molecule is CC(C)(C)OC(=O)N[C@@H](Cc1ccc(OCc2ccccc2)cc1)C1COC(=O)[C@@H]1Cc1ccc(-c2ccccc2)cc1. The molecule has 6 heteroatoms. The zero-order valence-electron chi connectivity index (χ0n) is 25.0. The highest BCUT2D eigenvalue weighted by molar-refractivity contribution is 5.76. The Hall–Kier alpha value is -4.58. The van der Waals surface area contributed by atoms with Crippen LogP contribution in [0.25, 0.3) is 11.1 Å². The molecule has 0 bridgehead atoms. The van der Waals surface area contributed by atoms with Gasteiger partial charge in [-0.3, -0.25) is 4.79 Å². The van der Waals surface area contributed by atoms with E-state index in [4.69, 9.17) is 14.2 Å². The Labute approximate surface area is 254 Å². The van der Waals surface area contributed by atoms with Crippen molar-refractivity contribution in [3.63, 3.8) is 0 Å². The first kappa shape index (κ1) is 29.9. The van der Waals surface area contributed by atoms with E-state index in [2.05, 4.69) is 41.7 Å². The molecule has 6 nitrogen and oxygen atoms in total. The van der Waals surface area contributed by atoms with E-state index in [-0.39, 0.29) is 24.5 Å². The van der Waals surface area contributed by atoms with Crippen LogP contribution in [0.2, 0.25) is 0 Å². The zero-order chi connectivity index (χ0) is 30.2. The molecule has 43 heavy (non-hydrogen) atoms. The fraction of sp³-hybridized carbons (Fsp3) is 0.297. The minimum Gasteiger partial charge on any atom is -0.489 e. The fourth-order valence-corrected chi connectivity index (χ4v) is 5.41. The summed E-state index contributed by atoms with van der Waals surface area (Å²) in [6.45, 7) is 6.22. The third-order valence-electron chi connectivity index (χ3n) is 7.60. The molecule has 1 amide bonds. The first-order chi connectivity index (χ1) is 20.7. The van der Waals surface area contributed by atoms with Gasteiger partial charge in [0.2, 0.25) is 0 Å². The van der Waals surface area contributed by atoms with Crippen LogP contribution >= 0.6 is 0 Å². The Kier molecular flexibility index (Phi) is 9.45.